The van der Waals surface area contributed by atoms with E-state index in [1.54, 1.807) is 19.4 Å². The Labute approximate surface area is 214 Å². The average molecular weight is 524 g/mol. The molecule has 0 radical (unpaired) electrons. The summed E-state index contributed by atoms with van der Waals surface area (Å²) in [6.07, 6.45) is 7.75. The summed E-state index contributed by atoms with van der Waals surface area (Å²) in [6.45, 7) is 6.80. The number of methoxy groups -OCH3 is 1. The Bertz CT molecular complexity index is 1550. The van der Waals surface area contributed by atoms with Crippen LogP contribution >= 0.6 is 0 Å². The third-order valence-corrected chi connectivity index (χ3v) is 8.69. The second-order valence-electron chi connectivity index (χ2n) is 9.91. The fourth-order valence-electron chi connectivity index (χ4n) is 4.57. The molecule has 6 rings (SSSR count). The highest BCUT2D eigenvalue weighted by Crippen LogP contribution is 2.34. The molecule has 0 atom stereocenters. The van der Waals surface area contributed by atoms with E-state index in [2.05, 4.69) is 44.1 Å². The highest BCUT2D eigenvalue weighted by molar-refractivity contribution is 7.90. The third-order valence-electron chi connectivity index (χ3n) is 6.66. The molecule has 13 heteroatoms. The number of anilines is 3. The first-order chi connectivity index (χ1) is 17.8. The first-order valence-electron chi connectivity index (χ1n) is 12.3. The second-order valence-corrected chi connectivity index (χ2v) is 12.0. The van der Waals surface area contributed by atoms with Crippen molar-refractivity contribution in [1.29, 1.82) is 0 Å². The molecule has 1 aliphatic carbocycles. The number of rotatable bonds is 9. The maximum Gasteiger partial charge on any atom is 0.256 e. The van der Waals surface area contributed by atoms with Gasteiger partial charge in [0.2, 0.25) is 0 Å². The van der Waals surface area contributed by atoms with Gasteiger partial charge in [-0.1, -0.05) is 0 Å². The molecule has 0 unspecified atom stereocenters. The van der Waals surface area contributed by atoms with Crippen molar-refractivity contribution >= 4 is 38.4 Å². The van der Waals surface area contributed by atoms with Crippen molar-refractivity contribution in [2.45, 2.75) is 38.0 Å². The van der Waals surface area contributed by atoms with Gasteiger partial charge in [-0.3, -0.25) is 4.68 Å². The molecule has 37 heavy (non-hydrogen) atoms. The molecule has 0 spiro atoms. The number of fused-ring (bicyclic) bond motifs is 1. The van der Waals surface area contributed by atoms with Crippen LogP contribution in [0.25, 0.3) is 22.3 Å². The number of pyridine rings is 1. The van der Waals surface area contributed by atoms with Gasteiger partial charge in [-0.15, -0.1) is 0 Å². The molecule has 1 saturated carbocycles. The van der Waals surface area contributed by atoms with Crippen LogP contribution in [0.15, 0.2) is 36.9 Å². The summed E-state index contributed by atoms with van der Waals surface area (Å²) in [5, 5.41) is 12.8. The molecule has 0 bridgehead atoms. The van der Waals surface area contributed by atoms with E-state index in [1.807, 2.05) is 16.9 Å². The molecule has 0 amide bonds. The zero-order valence-corrected chi connectivity index (χ0v) is 21.8. The fourth-order valence-corrected chi connectivity index (χ4v) is 6.05. The van der Waals surface area contributed by atoms with Crippen LogP contribution in [-0.2, 0) is 14.8 Å². The summed E-state index contributed by atoms with van der Waals surface area (Å²) in [6, 6.07) is 3.89. The number of aromatic nitrogens is 7. The van der Waals surface area contributed by atoms with Crippen molar-refractivity contribution in [2.24, 2.45) is 5.92 Å². The Hall–Kier alpha value is -3.58. The largest absolute Gasteiger partial charge is 0.384 e. The minimum Gasteiger partial charge on any atom is -0.384 e. The molecule has 12 nitrogen and oxygen atoms in total. The van der Waals surface area contributed by atoms with Crippen LogP contribution in [0.4, 0.5) is 17.5 Å². The normalized spacial score (nSPS) is 16.5. The number of ether oxygens (including phenoxy) is 1. The van der Waals surface area contributed by atoms with Crippen molar-refractivity contribution in [2.75, 3.05) is 37.0 Å². The highest BCUT2D eigenvalue weighted by Gasteiger charge is 2.37. The molecular formula is C24H29N9O3S. The molecular weight excluding hydrogens is 494 g/mol. The Kier molecular flexibility index (Phi) is 5.83. The van der Waals surface area contributed by atoms with Crippen molar-refractivity contribution in [3.8, 4) is 11.4 Å². The third kappa shape index (κ3) is 4.42. The van der Waals surface area contributed by atoms with E-state index in [0.29, 0.717) is 41.8 Å². The van der Waals surface area contributed by atoms with Crippen LogP contribution in [0.5, 0.6) is 0 Å². The van der Waals surface area contributed by atoms with Gasteiger partial charge >= 0.3 is 0 Å². The standard InChI is InChI=1S/C24H29N9O3S/c1-15(2)33-20-8-22(26-10-19(20)24(30-33)31-11-16(12-31)14-36-3)28-21-6-7-25-23(29-21)17-9-27-32(13-17)37(34,35)18-4-5-18/h6-10,13,15-16,18H,4-5,11-12,14H2,1-3H3,(H,25,26,28,29). The summed E-state index contributed by atoms with van der Waals surface area (Å²) in [5.41, 5.74) is 1.51. The van der Waals surface area contributed by atoms with E-state index in [-0.39, 0.29) is 11.3 Å². The molecule has 194 valence electrons. The van der Waals surface area contributed by atoms with Gasteiger partial charge in [0, 0.05) is 50.6 Å². The van der Waals surface area contributed by atoms with E-state index >= 15 is 0 Å². The molecule has 1 aliphatic heterocycles. The number of hydrogen-bond donors (Lipinski definition) is 1. The summed E-state index contributed by atoms with van der Waals surface area (Å²) >= 11 is 0. The van der Waals surface area contributed by atoms with Gasteiger partial charge < -0.3 is 15.0 Å². The van der Waals surface area contributed by atoms with Crippen LogP contribution in [0.1, 0.15) is 32.7 Å². The van der Waals surface area contributed by atoms with Gasteiger partial charge in [0.25, 0.3) is 10.0 Å². The molecule has 5 heterocycles. The van der Waals surface area contributed by atoms with E-state index in [1.165, 1.54) is 12.4 Å². The Morgan fingerprint density at radius 1 is 1.16 bits per heavy atom. The van der Waals surface area contributed by atoms with Crippen molar-refractivity contribution in [1.82, 2.24) is 33.9 Å². The average Bonchev–Trinajstić information content (AvgIpc) is 3.48. The SMILES string of the molecule is COCC1CN(c2nn(C(C)C)c3cc(Nc4ccnc(-c5cnn(S(=O)(=O)C6CC6)c5)n4)ncc23)C1. The molecule has 2 aliphatic rings. The monoisotopic (exact) mass is 523 g/mol. The second kappa shape index (κ2) is 9.06. The highest BCUT2D eigenvalue weighted by atomic mass is 32.2. The topological polar surface area (TPSA) is 133 Å². The Morgan fingerprint density at radius 2 is 1.97 bits per heavy atom. The van der Waals surface area contributed by atoms with Gasteiger partial charge in [0.1, 0.15) is 11.6 Å². The minimum atomic E-state index is -3.45. The maximum atomic E-state index is 12.5. The zero-order valence-electron chi connectivity index (χ0n) is 20.9. The van der Waals surface area contributed by atoms with Crippen LogP contribution in [0.3, 0.4) is 0 Å². The minimum absolute atomic E-state index is 0.177. The molecule has 2 fully saturated rings. The summed E-state index contributed by atoms with van der Waals surface area (Å²) in [5.74, 6) is 3.00. The van der Waals surface area contributed by atoms with Crippen LogP contribution in [-0.4, -0.2) is 74.4 Å². The first kappa shape index (κ1) is 23.8. The first-order valence-corrected chi connectivity index (χ1v) is 13.9. The lowest BCUT2D eigenvalue weighted by atomic mass is 10.0. The van der Waals surface area contributed by atoms with Gasteiger partial charge in [0.05, 0.1) is 40.7 Å². The van der Waals surface area contributed by atoms with E-state index in [4.69, 9.17) is 9.84 Å². The fraction of sp³-hybridized carbons (Fsp3) is 0.458. The lowest BCUT2D eigenvalue weighted by Gasteiger charge is -2.39. The summed E-state index contributed by atoms with van der Waals surface area (Å²) in [7, 11) is -1.71. The Morgan fingerprint density at radius 3 is 2.70 bits per heavy atom. The van der Waals surface area contributed by atoms with Crippen LogP contribution < -0.4 is 10.2 Å². The van der Waals surface area contributed by atoms with Gasteiger partial charge in [-0.05, 0) is 32.8 Å². The lowest BCUT2D eigenvalue weighted by molar-refractivity contribution is 0.137. The van der Waals surface area contributed by atoms with Gasteiger partial charge in [-0.2, -0.15) is 14.3 Å². The predicted octanol–water partition coefficient (Wildman–Crippen LogP) is 2.83. The van der Waals surface area contributed by atoms with E-state index in [0.717, 1.165) is 40.5 Å². The molecule has 1 N–H and O–H groups in total. The Balaban J connectivity index is 1.25. The number of nitrogens with zero attached hydrogens (tertiary/aromatic N) is 8. The maximum absolute atomic E-state index is 12.5. The summed E-state index contributed by atoms with van der Waals surface area (Å²) < 4.78 is 33.3. The van der Waals surface area contributed by atoms with E-state index < -0.39 is 10.0 Å². The number of nitrogens with one attached hydrogen (secondary N) is 1. The molecule has 0 aromatic carbocycles. The quantitative estimate of drug-likeness (QED) is 0.349. The lowest BCUT2D eigenvalue weighted by Crippen LogP contribution is -2.49. The van der Waals surface area contributed by atoms with Gasteiger partial charge in [-0.25, -0.2) is 23.4 Å². The smallest absolute Gasteiger partial charge is 0.256 e. The van der Waals surface area contributed by atoms with E-state index in [9.17, 15) is 8.42 Å². The molecule has 1 saturated heterocycles. The van der Waals surface area contributed by atoms with Crippen LogP contribution in [0.2, 0.25) is 0 Å². The van der Waals surface area contributed by atoms with Crippen molar-refractivity contribution in [3.05, 3.63) is 36.9 Å². The van der Waals surface area contributed by atoms with Crippen molar-refractivity contribution in [3.63, 3.8) is 0 Å². The predicted molar refractivity (Wildman–Crippen MR) is 139 cm³/mol. The molecule has 4 aromatic rings. The molecule has 4 aromatic heterocycles. The van der Waals surface area contributed by atoms with Crippen LogP contribution in [0, 0.1) is 5.92 Å². The zero-order chi connectivity index (χ0) is 25.7. The van der Waals surface area contributed by atoms with Gasteiger partial charge in [0.15, 0.2) is 11.6 Å². The number of hydrogen-bond acceptors (Lipinski definition) is 10. The van der Waals surface area contributed by atoms with Crippen molar-refractivity contribution < 1.29 is 13.2 Å². The summed E-state index contributed by atoms with van der Waals surface area (Å²) in [4.78, 5) is 15.8.